The van der Waals surface area contributed by atoms with Crippen molar-refractivity contribution in [2.75, 3.05) is 7.05 Å². The van der Waals surface area contributed by atoms with Crippen molar-refractivity contribution in [3.05, 3.63) is 58.8 Å². The zero-order valence-electron chi connectivity index (χ0n) is 14.3. The summed E-state index contributed by atoms with van der Waals surface area (Å²) in [7, 11) is 1.54. The molecule has 0 unspecified atom stereocenters. The number of amides is 2. The predicted molar refractivity (Wildman–Crippen MR) is 92.7 cm³/mol. The Morgan fingerprint density at radius 2 is 2.00 bits per heavy atom. The van der Waals surface area contributed by atoms with Crippen molar-refractivity contribution < 1.29 is 18.4 Å². The molecule has 0 saturated heterocycles. The van der Waals surface area contributed by atoms with Gasteiger partial charge in [0.2, 0.25) is 5.91 Å². The summed E-state index contributed by atoms with van der Waals surface area (Å²) in [5.74, 6) is -1.33. The molecule has 2 rings (SSSR count). The van der Waals surface area contributed by atoms with E-state index in [1.807, 2.05) is 13.8 Å². The largest absolute Gasteiger partial charge is 0.459 e. The fourth-order valence-electron chi connectivity index (χ4n) is 2.37. The van der Waals surface area contributed by atoms with Crippen LogP contribution in [0.2, 0.25) is 5.02 Å². The van der Waals surface area contributed by atoms with Crippen LogP contribution in [-0.4, -0.2) is 29.8 Å². The van der Waals surface area contributed by atoms with Crippen molar-refractivity contribution in [2.24, 2.45) is 5.92 Å². The van der Waals surface area contributed by atoms with Gasteiger partial charge in [0, 0.05) is 24.2 Å². The second-order valence-electron chi connectivity index (χ2n) is 6.07. The number of hydrogen-bond acceptors (Lipinski definition) is 3. The van der Waals surface area contributed by atoms with E-state index in [9.17, 15) is 14.0 Å². The van der Waals surface area contributed by atoms with Gasteiger partial charge < -0.3 is 14.6 Å². The SMILES string of the molecule is CC(C)[C@@H](NC(=O)c1ccco1)C(=O)N(C)Cc1c(F)cccc1Cl. The lowest BCUT2D eigenvalue weighted by Crippen LogP contribution is -2.50. The molecular formula is C18H20ClFN2O3. The molecule has 0 aliphatic heterocycles. The highest BCUT2D eigenvalue weighted by molar-refractivity contribution is 6.31. The smallest absolute Gasteiger partial charge is 0.287 e. The minimum absolute atomic E-state index is 0.00415. The molecule has 0 aliphatic carbocycles. The van der Waals surface area contributed by atoms with E-state index in [2.05, 4.69) is 5.32 Å². The molecule has 2 aromatic rings. The van der Waals surface area contributed by atoms with E-state index < -0.39 is 17.8 Å². The van der Waals surface area contributed by atoms with Crippen molar-refractivity contribution in [3.8, 4) is 0 Å². The summed E-state index contributed by atoms with van der Waals surface area (Å²) in [6.45, 7) is 3.63. The molecule has 0 radical (unpaired) electrons. The summed E-state index contributed by atoms with van der Waals surface area (Å²) in [4.78, 5) is 26.2. The van der Waals surface area contributed by atoms with Crippen LogP contribution in [0.3, 0.4) is 0 Å². The zero-order chi connectivity index (χ0) is 18.6. The molecule has 0 saturated carbocycles. The first-order chi connectivity index (χ1) is 11.8. The molecule has 7 heteroatoms. The lowest BCUT2D eigenvalue weighted by atomic mass is 10.0. The fraction of sp³-hybridized carbons (Fsp3) is 0.333. The molecule has 0 fully saturated rings. The Hall–Kier alpha value is -2.34. The lowest BCUT2D eigenvalue weighted by molar-refractivity contribution is -0.133. The third-order valence-corrected chi connectivity index (χ3v) is 4.15. The van der Waals surface area contributed by atoms with E-state index in [0.29, 0.717) is 0 Å². The molecule has 1 atom stereocenters. The van der Waals surface area contributed by atoms with E-state index in [1.54, 1.807) is 19.2 Å². The van der Waals surface area contributed by atoms with Crippen LogP contribution in [-0.2, 0) is 11.3 Å². The van der Waals surface area contributed by atoms with Gasteiger partial charge in [0.25, 0.3) is 5.91 Å². The molecular weight excluding hydrogens is 347 g/mol. The summed E-state index contributed by atoms with van der Waals surface area (Å²) >= 11 is 6.01. The van der Waals surface area contributed by atoms with Gasteiger partial charge in [-0.3, -0.25) is 9.59 Å². The maximum atomic E-state index is 13.9. The molecule has 0 aliphatic rings. The Morgan fingerprint density at radius 1 is 1.28 bits per heavy atom. The summed E-state index contributed by atoms with van der Waals surface area (Å²) in [5, 5.41) is 2.91. The number of carbonyl (C=O) groups is 2. The van der Waals surface area contributed by atoms with Crippen molar-refractivity contribution in [1.82, 2.24) is 10.2 Å². The average Bonchev–Trinajstić information content (AvgIpc) is 3.09. The van der Waals surface area contributed by atoms with Crippen LogP contribution in [0, 0.1) is 11.7 Å². The first kappa shape index (κ1) is 19.0. The maximum Gasteiger partial charge on any atom is 0.287 e. The summed E-state index contributed by atoms with van der Waals surface area (Å²) in [6.07, 6.45) is 1.38. The third-order valence-electron chi connectivity index (χ3n) is 3.80. The molecule has 1 aromatic carbocycles. The minimum atomic E-state index is -0.770. The van der Waals surface area contributed by atoms with E-state index in [0.717, 1.165) is 0 Å². The van der Waals surface area contributed by atoms with Crippen LogP contribution in [0.15, 0.2) is 41.0 Å². The number of furan rings is 1. The number of hydrogen-bond donors (Lipinski definition) is 1. The molecule has 1 aromatic heterocycles. The van der Waals surface area contributed by atoms with Crippen LogP contribution < -0.4 is 5.32 Å². The van der Waals surface area contributed by atoms with Gasteiger partial charge in [-0.2, -0.15) is 0 Å². The molecule has 1 N–H and O–H groups in total. The summed E-state index contributed by atoms with van der Waals surface area (Å²) < 4.78 is 19.0. The lowest BCUT2D eigenvalue weighted by Gasteiger charge is -2.27. The van der Waals surface area contributed by atoms with Crippen molar-refractivity contribution >= 4 is 23.4 Å². The Labute approximate surface area is 150 Å². The van der Waals surface area contributed by atoms with E-state index >= 15 is 0 Å². The highest BCUT2D eigenvalue weighted by Gasteiger charge is 2.28. The normalized spacial score (nSPS) is 12.1. The number of nitrogens with zero attached hydrogens (tertiary/aromatic N) is 1. The van der Waals surface area contributed by atoms with Crippen LogP contribution in [0.5, 0.6) is 0 Å². The van der Waals surface area contributed by atoms with Gasteiger partial charge in [-0.15, -0.1) is 0 Å². The summed E-state index contributed by atoms with van der Waals surface area (Å²) in [6, 6.07) is 6.69. The second kappa shape index (κ2) is 8.16. The van der Waals surface area contributed by atoms with Gasteiger partial charge >= 0.3 is 0 Å². The third kappa shape index (κ3) is 4.60. The molecule has 1 heterocycles. The van der Waals surface area contributed by atoms with E-state index in [1.165, 1.54) is 29.4 Å². The van der Waals surface area contributed by atoms with Gasteiger partial charge in [-0.1, -0.05) is 31.5 Å². The molecule has 5 nitrogen and oxygen atoms in total. The highest BCUT2D eigenvalue weighted by atomic mass is 35.5. The van der Waals surface area contributed by atoms with Crippen molar-refractivity contribution in [3.63, 3.8) is 0 Å². The Bertz CT molecular complexity index is 727. The maximum absolute atomic E-state index is 13.9. The van der Waals surface area contributed by atoms with Gasteiger partial charge in [0.05, 0.1) is 6.26 Å². The first-order valence-corrected chi connectivity index (χ1v) is 8.21. The van der Waals surface area contributed by atoms with Gasteiger partial charge in [0.1, 0.15) is 11.9 Å². The molecule has 2 amide bonds. The number of nitrogens with one attached hydrogen (secondary N) is 1. The van der Waals surface area contributed by atoms with Crippen molar-refractivity contribution in [2.45, 2.75) is 26.4 Å². The number of benzene rings is 1. The average molecular weight is 367 g/mol. The standard InChI is InChI=1S/C18H20ClFN2O3/c1-11(2)16(21-17(23)15-8-5-9-25-15)18(24)22(3)10-12-13(19)6-4-7-14(12)20/h4-9,11,16H,10H2,1-3H3,(H,21,23)/t16-/m1/s1. The quantitative estimate of drug-likeness (QED) is 0.851. The zero-order valence-corrected chi connectivity index (χ0v) is 15.0. The van der Waals surface area contributed by atoms with Crippen LogP contribution in [0.1, 0.15) is 30.0 Å². The van der Waals surface area contributed by atoms with E-state index in [4.69, 9.17) is 16.0 Å². The number of carbonyl (C=O) groups excluding carboxylic acids is 2. The Kier molecular flexibility index (Phi) is 6.20. The van der Waals surface area contributed by atoms with Crippen LogP contribution in [0.25, 0.3) is 0 Å². The first-order valence-electron chi connectivity index (χ1n) is 7.83. The van der Waals surface area contributed by atoms with Crippen LogP contribution in [0.4, 0.5) is 4.39 Å². The Morgan fingerprint density at radius 3 is 2.56 bits per heavy atom. The Balaban J connectivity index is 2.12. The minimum Gasteiger partial charge on any atom is -0.459 e. The van der Waals surface area contributed by atoms with Crippen LogP contribution >= 0.6 is 11.6 Å². The van der Waals surface area contributed by atoms with Gasteiger partial charge in [-0.25, -0.2) is 4.39 Å². The number of rotatable bonds is 6. The van der Waals surface area contributed by atoms with Crippen molar-refractivity contribution in [1.29, 1.82) is 0 Å². The predicted octanol–water partition coefficient (Wildman–Crippen LogP) is 3.49. The molecule has 0 bridgehead atoms. The number of likely N-dealkylation sites (N-methyl/N-ethyl adjacent to an activating group) is 1. The van der Waals surface area contributed by atoms with Gasteiger partial charge in [-0.05, 0) is 30.2 Å². The molecule has 25 heavy (non-hydrogen) atoms. The fourth-order valence-corrected chi connectivity index (χ4v) is 2.59. The van der Waals surface area contributed by atoms with E-state index in [-0.39, 0.29) is 34.7 Å². The topological polar surface area (TPSA) is 62.6 Å². The molecule has 0 spiro atoms. The highest BCUT2D eigenvalue weighted by Crippen LogP contribution is 2.21. The second-order valence-corrected chi connectivity index (χ2v) is 6.47. The number of halogens is 2. The van der Waals surface area contributed by atoms with Gasteiger partial charge in [0.15, 0.2) is 5.76 Å². The monoisotopic (exact) mass is 366 g/mol. The molecule has 134 valence electrons. The summed E-state index contributed by atoms with van der Waals surface area (Å²) in [5.41, 5.74) is 0.236.